The molecule has 71 heavy (non-hydrogen) atoms. The fourth-order valence-corrected chi connectivity index (χ4v) is 12.5. The fraction of sp³-hybridized carbons (Fsp3) is 0.393. The number of hydrogen-bond donors (Lipinski definition) is 1. The lowest BCUT2D eigenvalue weighted by Gasteiger charge is -2.42. The first-order valence-corrected chi connectivity index (χ1v) is 25.6. The summed E-state index contributed by atoms with van der Waals surface area (Å²) in [5.74, 6) is 1.64. The van der Waals surface area contributed by atoms with Crippen molar-refractivity contribution >= 4 is 68.7 Å². The van der Waals surface area contributed by atoms with Gasteiger partial charge in [0.1, 0.15) is 22.7 Å². The van der Waals surface area contributed by atoms with Gasteiger partial charge in [0.05, 0.1) is 27.8 Å². The third-order valence-electron chi connectivity index (χ3n) is 17.1. The van der Waals surface area contributed by atoms with E-state index in [0.29, 0.717) is 63.0 Å². The van der Waals surface area contributed by atoms with Crippen LogP contribution in [-0.4, -0.2) is 126 Å². The summed E-state index contributed by atoms with van der Waals surface area (Å²) in [5.41, 5.74) is 13.3. The van der Waals surface area contributed by atoms with Crippen LogP contribution in [-0.2, 0) is 26.2 Å². The van der Waals surface area contributed by atoms with Crippen molar-refractivity contribution in [3.05, 3.63) is 119 Å². The van der Waals surface area contributed by atoms with Gasteiger partial charge < -0.3 is 15.5 Å². The quantitative estimate of drug-likeness (QED) is 0.152. The van der Waals surface area contributed by atoms with Gasteiger partial charge >= 0.3 is 0 Å². The summed E-state index contributed by atoms with van der Waals surface area (Å²) in [6.07, 6.45) is 8.08. The van der Waals surface area contributed by atoms with Crippen LogP contribution in [0.2, 0.25) is 5.02 Å². The molecule has 358 valence electrons. The van der Waals surface area contributed by atoms with Gasteiger partial charge in [-0.15, -0.1) is 0 Å². The number of fused-ring (bicyclic) bond motifs is 2. The molecule has 4 unspecified atom stereocenters. The summed E-state index contributed by atoms with van der Waals surface area (Å²) < 4.78 is 1.87. The SMILES string of the molecule is Cc1cc(-c2ccc3c(cnn3C)c2)ccc1C1=NC2(CC2)C(=O)N1CC1CN(C(=O)C2(N)CC2C2CC23N=C(c2ccc(-c4ccc5c(Cl)ccnc5c4)cc2)N(CC2CN(C(=O)C4CC4)C2)C3=O)C1. The minimum absolute atomic E-state index is 0.0333. The van der Waals surface area contributed by atoms with Crippen LogP contribution in [0.3, 0.4) is 0 Å². The predicted octanol–water partition coefficient (Wildman–Crippen LogP) is 6.63. The number of aliphatic imine (C=N–C) groups is 2. The van der Waals surface area contributed by atoms with Gasteiger partial charge in [0.25, 0.3) is 11.8 Å². The van der Waals surface area contributed by atoms with E-state index in [2.05, 4.69) is 53.4 Å². The molecule has 4 aromatic carbocycles. The van der Waals surface area contributed by atoms with Crippen molar-refractivity contribution in [1.29, 1.82) is 0 Å². The number of carbonyl (C=O) groups is 4. The van der Waals surface area contributed by atoms with E-state index >= 15 is 0 Å². The number of nitrogens with zero attached hydrogens (tertiary/aromatic N) is 9. The molecule has 14 rings (SSSR count). The average molecular weight is 966 g/mol. The largest absolute Gasteiger partial charge is 0.342 e. The molecular weight excluding hydrogens is 912 g/mol. The summed E-state index contributed by atoms with van der Waals surface area (Å²) in [6.45, 7) is 5.34. The lowest BCUT2D eigenvalue weighted by atomic mass is 9.95. The fourth-order valence-electron chi connectivity index (χ4n) is 12.3. The van der Waals surface area contributed by atoms with Gasteiger partial charge in [0.2, 0.25) is 11.8 Å². The van der Waals surface area contributed by atoms with E-state index in [1.807, 2.05) is 80.0 Å². The van der Waals surface area contributed by atoms with Gasteiger partial charge in [-0.2, -0.15) is 5.10 Å². The Bertz CT molecular complexity index is 3400. The second-order valence-corrected chi connectivity index (χ2v) is 22.4. The van der Waals surface area contributed by atoms with Crippen molar-refractivity contribution < 1.29 is 19.2 Å². The van der Waals surface area contributed by atoms with Crippen LogP contribution >= 0.6 is 11.6 Å². The number of amides is 4. The highest BCUT2D eigenvalue weighted by molar-refractivity contribution is 6.35. The molecule has 8 aliphatic rings. The molecule has 4 aliphatic carbocycles. The Morgan fingerprint density at radius 3 is 2.13 bits per heavy atom. The van der Waals surface area contributed by atoms with Crippen molar-refractivity contribution in [1.82, 2.24) is 34.4 Å². The molecule has 14 nitrogen and oxygen atoms in total. The van der Waals surface area contributed by atoms with Gasteiger partial charge in [-0.3, -0.25) is 48.6 Å². The lowest BCUT2D eigenvalue weighted by Crippen LogP contribution is -2.60. The first-order valence-electron chi connectivity index (χ1n) is 25.2. The maximum absolute atomic E-state index is 14.7. The molecule has 4 saturated carbocycles. The van der Waals surface area contributed by atoms with Crippen molar-refractivity contribution in [2.24, 2.45) is 52.4 Å². The van der Waals surface area contributed by atoms with Crippen LogP contribution in [0.25, 0.3) is 44.1 Å². The van der Waals surface area contributed by atoms with Crippen molar-refractivity contribution in [3.8, 4) is 22.3 Å². The van der Waals surface area contributed by atoms with Crippen LogP contribution in [0.5, 0.6) is 0 Å². The number of nitrogens with two attached hydrogens (primary N) is 1. The minimum atomic E-state index is -1.06. The number of aromatic nitrogens is 3. The maximum Gasteiger partial charge on any atom is 0.256 e. The second kappa shape index (κ2) is 15.1. The van der Waals surface area contributed by atoms with Gasteiger partial charge in [-0.25, -0.2) is 0 Å². The Kier molecular flexibility index (Phi) is 9.17. The van der Waals surface area contributed by atoms with Crippen molar-refractivity contribution in [2.75, 3.05) is 39.3 Å². The van der Waals surface area contributed by atoms with E-state index in [0.717, 1.165) is 92.3 Å². The van der Waals surface area contributed by atoms with E-state index in [-0.39, 0.29) is 53.2 Å². The summed E-state index contributed by atoms with van der Waals surface area (Å²) in [7, 11) is 1.94. The zero-order valence-corrected chi connectivity index (χ0v) is 40.5. The zero-order chi connectivity index (χ0) is 48.3. The van der Waals surface area contributed by atoms with Crippen LogP contribution in [0.1, 0.15) is 55.2 Å². The highest BCUT2D eigenvalue weighted by atomic mass is 35.5. The normalized spacial score (nSPS) is 26.4. The molecule has 4 atom stereocenters. The lowest BCUT2D eigenvalue weighted by molar-refractivity contribution is -0.142. The number of rotatable bonds is 11. The molecule has 15 heteroatoms. The van der Waals surface area contributed by atoms with E-state index < -0.39 is 16.6 Å². The van der Waals surface area contributed by atoms with Crippen LogP contribution in [0, 0.1) is 36.5 Å². The molecule has 6 heterocycles. The molecule has 6 fully saturated rings. The number of benzene rings is 4. The van der Waals surface area contributed by atoms with E-state index in [4.69, 9.17) is 27.3 Å². The Balaban J connectivity index is 0.657. The van der Waals surface area contributed by atoms with E-state index in [1.165, 1.54) is 0 Å². The number of aryl methyl sites for hydroxylation is 2. The maximum atomic E-state index is 14.7. The Labute approximate surface area is 415 Å². The standard InChI is InChI=1S/C56H53ClN10O4/c1-31-19-37(38-11-14-47-40(20-38)24-60-63(47)2)9-12-41(31)49-61-54(16-17-54)51(69)67(49)30-33-27-65(28-33)52(70)55(58)22-43(55)44-23-56(44)53(71)66(29-32-25-64(26-32)50(68)36-7-8-36)48(62-56)35-5-3-34(4-6-35)39-10-13-42-45(57)15-18-59-46(42)21-39/h3-6,9-15,18-21,24,32-33,36,43-44H,7-8,16-17,22-23,25-30,58H2,1-2H3. The number of carbonyl (C=O) groups excluding carboxylic acids is 4. The number of hydrogen-bond acceptors (Lipinski definition) is 9. The molecule has 6 aromatic rings. The Hall–Kier alpha value is -6.77. The number of halogens is 1. The van der Waals surface area contributed by atoms with Gasteiger partial charge in [-0.05, 0) is 103 Å². The molecular formula is C56H53ClN10O4. The average Bonchev–Trinajstić information content (AvgIpc) is 4.22. The summed E-state index contributed by atoms with van der Waals surface area (Å²) >= 11 is 6.43. The molecule has 4 aliphatic heterocycles. The molecule has 0 radical (unpaired) electrons. The number of pyridine rings is 1. The Morgan fingerprint density at radius 1 is 0.732 bits per heavy atom. The molecule has 4 amide bonds. The second-order valence-electron chi connectivity index (χ2n) is 22.0. The minimum Gasteiger partial charge on any atom is -0.342 e. The van der Waals surface area contributed by atoms with E-state index in [9.17, 15) is 19.2 Å². The van der Waals surface area contributed by atoms with Crippen molar-refractivity contribution in [2.45, 2.75) is 62.1 Å². The molecule has 2 saturated heterocycles. The molecule has 2 aromatic heterocycles. The van der Waals surface area contributed by atoms with E-state index in [1.54, 1.807) is 12.3 Å². The Morgan fingerprint density at radius 2 is 1.39 bits per heavy atom. The first kappa shape index (κ1) is 43.1. The summed E-state index contributed by atoms with van der Waals surface area (Å²) in [4.78, 5) is 78.2. The van der Waals surface area contributed by atoms with Gasteiger partial charge in [0, 0.05) is 98.1 Å². The van der Waals surface area contributed by atoms with Crippen molar-refractivity contribution in [3.63, 3.8) is 0 Å². The number of amidine groups is 2. The molecule has 2 N–H and O–H groups in total. The monoisotopic (exact) mass is 964 g/mol. The summed E-state index contributed by atoms with van der Waals surface area (Å²) in [6, 6.07) is 28.7. The number of likely N-dealkylation sites (tertiary alicyclic amines) is 2. The highest BCUT2D eigenvalue weighted by Gasteiger charge is 2.76. The third kappa shape index (κ3) is 6.76. The van der Waals surface area contributed by atoms with Gasteiger partial charge in [0.15, 0.2) is 0 Å². The highest BCUT2D eigenvalue weighted by Crippen LogP contribution is 2.65. The summed E-state index contributed by atoms with van der Waals surface area (Å²) in [5, 5.41) is 7.03. The zero-order valence-electron chi connectivity index (χ0n) is 39.7. The smallest absolute Gasteiger partial charge is 0.256 e. The molecule has 2 spiro atoms. The van der Waals surface area contributed by atoms with Gasteiger partial charge in [-0.1, -0.05) is 72.3 Å². The molecule has 0 bridgehead atoms. The third-order valence-corrected chi connectivity index (χ3v) is 17.4. The van der Waals surface area contributed by atoms with Crippen LogP contribution < -0.4 is 5.73 Å². The predicted molar refractivity (Wildman–Crippen MR) is 270 cm³/mol. The topological polar surface area (TPSA) is 163 Å². The first-order chi connectivity index (χ1) is 34.3. The van der Waals surface area contributed by atoms with Crippen LogP contribution in [0.4, 0.5) is 0 Å². The van der Waals surface area contributed by atoms with Crippen LogP contribution in [0.15, 0.2) is 107 Å².